The monoisotopic (exact) mass is 482 g/mol. The van der Waals surface area contributed by atoms with Crippen LogP contribution in [-0.2, 0) is 6.54 Å². The van der Waals surface area contributed by atoms with Crippen LogP contribution in [0.1, 0.15) is 30.6 Å². The van der Waals surface area contributed by atoms with E-state index in [-0.39, 0.29) is 23.6 Å². The summed E-state index contributed by atoms with van der Waals surface area (Å²) in [6.07, 6.45) is 5.36. The maximum atomic E-state index is 14.0. The molecular formula is C24H24ClFN6O2. The third-order valence-electron chi connectivity index (χ3n) is 5.48. The van der Waals surface area contributed by atoms with Crippen LogP contribution in [0.4, 0.5) is 16.0 Å². The SMILES string of the molecule is CCn1cc(Nc2nccc(-c3ccn([C@H](CCO)c4ccc(Cl)c(F)c4)c(=O)c3)n2)c(C)n1. The smallest absolute Gasteiger partial charge is 0.251 e. The van der Waals surface area contributed by atoms with Crippen LogP contribution in [0.15, 0.2) is 59.8 Å². The van der Waals surface area contributed by atoms with E-state index in [2.05, 4.69) is 20.4 Å². The second kappa shape index (κ2) is 10.1. The molecule has 0 aliphatic rings. The van der Waals surface area contributed by atoms with E-state index in [0.717, 1.165) is 17.9 Å². The first-order valence-corrected chi connectivity index (χ1v) is 11.2. The highest BCUT2D eigenvalue weighted by Crippen LogP contribution is 2.26. The molecular weight excluding hydrogens is 459 g/mol. The highest BCUT2D eigenvalue weighted by atomic mass is 35.5. The number of hydrogen-bond acceptors (Lipinski definition) is 6. The van der Waals surface area contributed by atoms with Crippen LogP contribution in [0.3, 0.4) is 0 Å². The number of halogens is 2. The molecule has 0 spiro atoms. The van der Waals surface area contributed by atoms with Crippen molar-refractivity contribution in [2.75, 3.05) is 11.9 Å². The van der Waals surface area contributed by atoms with Gasteiger partial charge in [0, 0.05) is 43.4 Å². The van der Waals surface area contributed by atoms with Crippen molar-refractivity contribution in [2.24, 2.45) is 0 Å². The largest absolute Gasteiger partial charge is 0.396 e. The molecule has 1 aromatic carbocycles. The van der Waals surface area contributed by atoms with E-state index in [0.29, 0.717) is 22.8 Å². The zero-order valence-electron chi connectivity index (χ0n) is 18.7. The number of aliphatic hydroxyl groups is 1. The summed E-state index contributed by atoms with van der Waals surface area (Å²) in [4.78, 5) is 21.8. The van der Waals surface area contributed by atoms with Crippen LogP contribution in [0, 0.1) is 12.7 Å². The molecule has 8 nitrogen and oxygen atoms in total. The minimum Gasteiger partial charge on any atom is -0.396 e. The molecule has 0 saturated heterocycles. The van der Waals surface area contributed by atoms with E-state index in [1.165, 1.54) is 22.8 Å². The predicted molar refractivity (Wildman–Crippen MR) is 129 cm³/mol. The van der Waals surface area contributed by atoms with Gasteiger partial charge in [0.05, 0.1) is 28.1 Å². The molecule has 3 aromatic heterocycles. The number of aryl methyl sites for hydroxylation is 2. The number of rotatable bonds is 8. The number of benzene rings is 1. The van der Waals surface area contributed by atoms with Gasteiger partial charge in [0.25, 0.3) is 5.56 Å². The highest BCUT2D eigenvalue weighted by molar-refractivity contribution is 6.30. The molecule has 10 heteroatoms. The van der Waals surface area contributed by atoms with Gasteiger partial charge >= 0.3 is 0 Å². The van der Waals surface area contributed by atoms with Gasteiger partial charge in [-0.15, -0.1) is 0 Å². The van der Waals surface area contributed by atoms with Gasteiger partial charge in [-0.1, -0.05) is 17.7 Å². The lowest BCUT2D eigenvalue weighted by molar-refractivity contribution is 0.266. The Morgan fingerprint density at radius 3 is 2.74 bits per heavy atom. The van der Waals surface area contributed by atoms with Crippen molar-refractivity contribution in [2.45, 2.75) is 32.9 Å². The van der Waals surface area contributed by atoms with Crippen LogP contribution >= 0.6 is 11.6 Å². The van der Waals surface area contributed by atoms with Crippen LogP contribution < -0.4 is 10.9 Å². The summed E-state index contributed by atoms with van der Waals surface area (Å²) in [5.74, 6) is -0.192. The van der Waals surface area contributed by atoms with Gasteiger partial charge in [0.15, 0.2) is 0 Å². The highest BCUT2D eigenvalue weighted by Gasteiger charge is 2.17. The number of anilines is 2. The second-order valence-corrected chi connectivity index (χ2v) is 8.14. The van der Waals surface area contributed by atoms with Gasteiger partial charge < -0.3 is 15.0 Å². The fraction of sp³-hybridized carbons (Fsp3) is 0.250. The minimum atomic E-state index is -0.576. The van der Waals surface area contributed by atoms with Crippen molar-refractivity contribution in [3.05, 3.63) is 87.4 Å². The predicted octanol–water partition coefficient (Wildman–Crippen LogP) is 4.34. The number of hydrogen-bond donors (Lipinski definition) is 2. The molecule has 0 aliphatic heterocycles. The summed E-state index contributed by atoms with van der Waals surface area (Å²) >= 11 is 5.79. The Hall–Kier alpha value is -3.56. The fourth-order valence-electron chi connectivity index (χ4n) is 3.72. The van der Waals surface area contributed by atoms with Crippen molar-refractivity contribution in [1.29, 1.82) is 0 Å². The molecule has 0 fully saturated rings. The van der Waals surface area contributed by atoms with Gasteiger partial charge in [-0.3, -0.25) is 9.48 Å². The quantitative estimate of drug-likeness (QED) is 0.388. The zero-order valence-corrected chi connectivity index (χ0v) is 19.5. The van der Waals surface area contributed by atoms with Crippen LogP contribution in [0.5, 0.6) is 0 Å². The molecule has 0 radical (unpaired) electrons. The number of nitrogens with one attached hydrogen (secondary N) is 1. The average molecular weight is 483 g/mol. The molecule has 1 atom stereocenters. The molecule has 0 amide bonds. The lowest BCUT2D eigenvalue weighted by atomic mass is 10.0. The molecule has 3 heterocycles. The van der Waals surface area contributed by atoms with Crippen molar-refractivity contribution < 1.29 is 9.50 Å². The lowest BCUT2D eigenvalue weighted by Gasteiger charge is -2.20. The summed E-state index contributed by atoms with van der Waals surface area (Å²) < 4.78 is 17.3. The molecule has 0 bridgehead atoms. The van der Waals surface area contributed by atoms with E-state index in [4.69, 9.17) is 11.6 Å². The van der Waals surface area contributed by atoms with Crippen molar-refractivity contribution in [1.82, 2.24) is 24.3 Å². The van der Waals surface area contributed by atoms with Gasteiger partial charge in [0.1, 0.15) is 5.82 Å². The first-order valence-electron chi connectivity index (χ1n) is 10.8. The summed E-state index contributed by atoms with van der Waals surface area (Å²) in [6.45, 7) is 4.48. The molecule has 34 heavy (non-hydrogen) atoms. The van der Waals surface area contributed by atoms with Gasteiger partial charge in [-0.25, -0.2) is 14.4 Å². The number of nitrogens with zero attached hydrogens (tertiary/aromatic N) is 5. The Labute approximate surface area is 200 Å². The molecule has 0 unspecified atom stereocenters. The van der Waals surface area contributed by atoms with E-state index in [1.54, 1.807) is 30.6 Å². The molecule has 4 rings (SSSR count). The van der Waals surface area contributed by atoms with Crippen molar-refractivity contribution in [3.63, 3.8) is 0 Å². The van der Waals surface area contributed by atoms with Gasteiger partial charge in [0.2, 0.25) is 5.95 Å². The van der Waals surface area contributed by atoms with Crippen molar-refractivity contribution >= 4 is 23.2 Å². The van der Waals surface area contributed by atoms with E-state index < -0.39 is 11.9 Å². The zero-order chi connectivity index (χ0) is 24.2. The Morgan fingerprint density at radius 2 is 2.06 bits per heavy atom. The van der Waals surface area contributed by atoms with Gasteiger partial charge in [-0.05, 0) is 50.1 Å². The Balaban J connectivity index is 1.63. The van der Waals surface area contributed by atoms with Crippen LogP contribution in [0.25, 0.3) is 11.3 Å². The third kappa shape index (κ3) is 5.00. The van der Waals surface area contributed by atoms with E-state index in [9.17, 15) is 14.3 Å². The topological polar surface area (TPSA) is 97.9 Å². The van der Waals surface area contributed by atoms with E-state index >= 15 is 0 Å². The molecule has 4 aromatic rings. The summed E-state index contributed by atoms with van der Waals surface area (Å²) in [6, 6.07) is 8.77. The molecule has 0 saturated carbocycles. The maximum Gasteiger partial charge on any atom is 0.251 e. The Kier molecular flexibility index (Phi) is 7.04. The summed E-state index contributed by atoms with van der Waals surface area (Å²) in [5.41, 5.74) is 3.04. The van der Waals surface area contributed by atoms with Crippen molar-refractivity contribution in [3.8, 4) is 11.3 Å². The minimum absolute atomic E-state index is 0.000367. The summed E-state index contributed by atoms with van der Waals surface area (Å²) in [5, 5.41) is 17.1. The average Bonchev–Trinajstić information content (AvgIpc) is 3.19. The van der Waals surface area contributed by atoms with Gasteiger partial charge in [-0.2, -0.15) is 5.10 Å². The standard InChI is InChI=1S/C24H24ClFN6O2/c1-3-31-14-21(15(2)30-31)29-24-27-9-6-20(28-24)16-7-10-32(23(34)13-16)22(8-11-33)17-4-5-18(25)19(26)12-17/h4-7,9-10,12-14,22,33H,3,8,11H2,1-2H3,(H,27,28,29)/t22-/m1/s1. The summed E-state index contributed by atoms with van der Waals surface area (Å²) in [7, 11) is 0. The fourth-order valence-corrected chi connectivity index (χ4v) is 3.84. The maximum absolute atomic E-state index is 14.0. The number of pyridine rings is 1. The first kappa shape index (κ1) is 23.6. The first-order chi connectivity index (χ1) is 16.4. The number of aromatic nitrogens is 5. The second-order valence-electron chi connectivity index (χ2n) is 7.74. The van der Waals surface area contributed by atoms with Crippen LogP contribution in [0.2, 0.25) is 5.02 Å². The Bertz CT molecular complexity index is 1370. The Morgan fingerprint density at radius 1 is 1.24 bits per heavy atom. The molecule has 0 aliphatic carbocycles. The number of aliphatic hydroxyl groups excluding tert-OH is 1. The van der Waals surface area contributed by atoms with E-state index in [1.807, 2.05) is 24.7 Å². The lowest BCUT2D eigenvalue weighted by Crippen LogP contribution is -2.25. The van der Waals surface area contributed by atoms with Crippen LogP contribution in [-0.4, -0.2) is 36.0 Å². The normalized spacial score (nSPS) is 12.0. The molecule has 2 N–H and O–H groups in total. The third-order valence-corrected chi connectivity index (χ3v) is 5.79. The molecule has 176 valence electrons.